The van der Waals surface area contributed by atoms with E-state index in [2.05, 4.69) is 10.9 Å². The number of aryl methyl sites for hydroxylation is 1. The molecule has 0 saturated heterocycles. The van der Waals surface area contributed by atoms with Gasteiger partial charge in [0.1, 0.15) is 17.2 Å². The van der Waals surface area contributed by atoms with Gasteiger partial charge in [-0.2, -0.15) is 0 Å². The number of nitrogens with one attached hydrogen (secondary N) is 2. The Morgan fingerprint density at radius 3 is 2.65 bits per heavy atom. The molecule has 0 spiro atoms. The number of furan rings is 1. The number of amides is 2. The molecule has 3 aromatic rings. The Balaban J connectivity index is 1.57. The van der Waals surface area contributed by atoms with Crippen molar-refractivity contribution in [2.45, 2.75) is 11.8 Å². The maximum absolute atomic E-state index is 13.5. The minimum atomic E-state index is -0.619. The summed E-state index contributed by atoms with van der Waals surface area (Å²) in [4.78, 5) is 24.0. The highest BCUT2D eigenvalue weighted by Gasteiger charge is 2.18. The van der Waals surface area contributed by atoms with Crippen molar-refractivity contribution < 1.29 is 22.8 Å². The number of para-hydroxylation sites is 1. The predicted molar refractivity (Wildman–Crippen MR) is 93.6 cm³/mol. The SMILES string of the molecule is Cc1c(C(=O)NNC(=O)CSc2cc(F)ccc2F)oc2ccccc12. The van der Waals surface area contributed by atoms with Gasteiger partial charge in [0.25, 0.3) is 0 Å². The van der Waals surface area contributed by atoms with Crippen LogP contribution < -0.4 is 10.9 Å². The molecule has 26 heavy (non-hydrogen) atoms. The molecule has 0 saturated carbocycles. The lowest BCUT2D eigenvalue weighted by Crippen LogP contribution is -2.42. The molecular weight excluding hydrogens is 362 g/mol. The van der Waals surface area contributed by atoms with Crippen LogP contribution in [0, 0.1) is 18.6 Å². The zero-order chi connectivity index (χ0) is 18.7. The fourth-order valence-electron chi connectivity index (χ4n) is 2.34. The number of hydrogen-bond acceptors (Lipinski definition) is 4. The number of halogens is 2. The van der Waals surface area contributed by atoms with E-state index in [-0.39, 0.29) is 16.4 Å². The van der Waals surface area contributed by atoms with Gasteiger partial charge in [-0.3, -0.25) is 20.4 Å². The number of hydrazine groups is 1. The molecule has 2 N–H and O–H groups in total. The summed E-state index contributed by atoms with van der Waals surface area (Å²) >= 11 is 0.822. The van der Waals surface area contributed by atoms with Crippen molar-refractivity contribution in [2.75, 3.05) is 5.75 Å². The Morgan fingerprint density at radius 1 is 1.12 bits per heavy atom. The molecule has 3 rings (SSSR count). The molecule has 0 aliphatic heterocycles. The molecule has 2 aromatic carbocycles. The standard InChI is InChI=1S/C18H14F2N2O3S/c1-10-12-4-2-3-5-14(12)25-17(10)18(24)22-21-16(23)9-26-15-8-11(19)6-7-13(15)20/h2-8H,9H2,1H3,(H,21,23)(H,22,24). The van der Waals surface area contributed by atoms with E-state index in [4.69, 9.17) is 4.42 Å². The summed E-state index contributed by atoms with van der Waals surface area (Å²) in [5.41, 5.74) is 5.69. The zero-order valence-electron chi connectivity index (χ0n) is 13.6. The van der Waals surface area contributed by atoms with Gasteiger partial charge in [-0.05, 0) is 31.2 Å². The van der Waals surface area contributed by atoms with Gasteiger partial charge in [0.15, 0.2) is 5.76 Å². The Morgan fingerprint density at radius 2 is 1.88 bits per heavy atom. The summed E-state index contributed by atoms with van der Waals surface area (Å²) < 4.78 is 32.1. The van der Waals surface area contributed by atoms with Crippen molar-refractivity contribution in [1.82, 2.24) is 10.9 Å². The summed E-state index contributed by atoms with van der Waals surface area (Å²) in [6.07, 6.45) is 0. The molecule has 8 heteroatoms. The molecule has 0 aliphatic carbocycles. The minimum absolute atomic E-state index is 0.0135. The van der Waals surface area contributed by atoms with Crippen molar-refractivity contribution in [3.05, 3.63) is 65.4 Å². The maximum atomic E-state index is 13.5. The summed E-state index contributed by atoms with van der Waals surface area (Å²) in [5, 5.41) is 0.807. The number of carbonyl (C=O) groups is 2. The first-order valence-electron chi connectivity index (χ1n) is 7.61. The summed E-state index contributed by atoms with van der Waals surface area (Å²) in [5.74, 6) is -2.49. The van der Waals surface area contributed by atoms with E-state index in [0.29, 0.717) is 11.1 Å². The predicted octanol–water partition coefficient (Wildman–Crippen LogP) is 3.57. The highest BCUT2D eigenvalue weighted by molar-refractivity contribution is 8.00. The first-order chi connectivity index (χ1) is 12.5. The van der Waals surface area contributed by atoms with Crippen LogP contribution in [-0.4, -0.2) is 17.6 Å². The normalized spacial score (nSPS) is 10.7. The number of fused-ring (bicyclic) bond motifs is 1. The average molecular weight is 376 g/mol. The second-order valence-corrected chi connectivity index (χ2v) is 6.44. The van der Waals surface area contributed by atoms with Gasteiger partial charge in [0.2, 0.25) is 5.91 Å². The van der Waals surface area contributed by atoms with Gasteiger partial charge < -0.3 is 4.42 Å². The van der Waals surface area contributed by atoms with Crippen LogP contribution in [0.25, 0.3) is 11.0 Å². The molecule has 2 amide bonds. The molecule has 0 unspecified atom stereocenters. The first-order valence-corrected chi connectivity index (χ1v) is 8.59. The lowest BCUT2D eigenvalue weighted by Gasteiger charge is -2.07. The third-order valence-corrected chi connectivity index (χ3v) is 4.65. The number of benzene rings is 2. The molecule has 0 aliphatic rings. The average Bonchev–Trinajstić information content (AvgIpc) is 2.97. The quantitative estimate of drug-likeness (QED) is 0.539. The van der Waals surface area contributed by atoms with Crippen molar-refractivity contribution in [3.63, 3.8) is 0 Å². The highest BCUT2D eigenvalue weighted by atomic mass is 32.2. The van der Waals surface area contributed by atoms with Crippen LogP contribution >= 0.6 is 11.8 Å². The summed E-state index contributed by atoms with van der Waals surface area (Å²) in [7, 11) is 0. The number of thioether (sulfide) groups is 1. The lowest BCUT2D eigenvalue weighted by molar-refractivity contribution is -0.119. The molecule has 1 heterocycles. The molecule has 1 aromatic heterocycles. The van der Waals surface area contributed by atoms with Gasteiger partial charge in [0, 0.05) is 15.8 Å². The number of hydrogen-bond donors (Lipinski definition) is 2. The Kier molecular flexibility index (Phi) is 5.22. The molecule has 5 nitrogen and oxygen atoms in total. The summed E-state index contributed by atoms with van der Waals surface area (Å²) in [6.45, 7) is 1.74. The van der Waals surface area contributed by atoms with E-state index in [1.54, 1.807) is 19.1 Å². The molecule has 0 radical (unpaired) electrons. The van der Waals surface area contributed by atoms with Crippen LogP contribution in [0.3, 0.4) is 0 Å². The summed E-state index contributed by atoms with van der Waals surface area (Å²) in [6, 6.07) is 10.2. The largest absolute Gasteiger partial charge is 0.451 e. The molecule has 0 bridgehead atoms. The van der Waals surface area contributed by atoms with Crippen LogP contribution in [0.4, 0.5) is 8.78 Å². The second-order valence-electron chi connectivity index (χ2n) is 5.42. The van der Waals surface area contributed by atoms with Gasteiger partial charge in [-0.15, -0.1) is 11.8 Å². The minimum Gasteiger partial charge on any atom is -0.451 e. The van der Waals surface area contributed by atoms with E-state index >= 15 is 0 Å². The smallest absolute Gasteiger partial charge is 0.305 e. The second kappa shape index (κ2) is 7.57. The van der Waals surface area contributed by atoms with E-state index in [1.165, 1.54) is 0 Å². The van der Waals surface area contributed by atoms with E-state index in [9.17, 15) is 18.4 Å². The number of rotatable bonds is 4. The van der Waals surface area contributed by atoms with Crippen LogP contribution in [0.2, 0.25) is 0 Å². The molecular formula is C18H14F2N2O3S. The third kappa shape index (κ3) is 3.85. The zero-order valence-corrected chi connectivity index (χ0v) is 14.5. The van der Waals surface area contributed by atoms with E-state index in [1.807, 2.05) is 12.1 Å². The van der Waals surface area contributed by atoms with Gasteiger partial charge >= 0.3 is 5.91 Å². The van der Waals surface area contributed by atoms with Crippen LogP contribution in [-0.2, 0) is 4.79 Å². The van der Waals surface area contributed by atoms with Crippen molar-refractivity contribution >= 4 is 34.5 Å². The van der Waals surface area contributed by atoms with Crippen LogP contribution in [0.1, 0.15) is 16.1 Å². The lowest BCUT2D eigenvalue weighted by atomic mass is 10.1. The topological polar surface area (TPSA) is 71.3 Å². The van der Waals surface area contributed by atoms with Gasteiger partial charge in [-0.1, -0.05) is 18.2 Å². The fraction of sp³-hybridized carbons (Fsp3) is 0.111. The van der Waals surface area contributed by atoms with Gasteiger partial charge in [-0.25, -0.2) is 8.78 Å². The third-order valence-electron chi connectivity index (χ3n) is 3.62. The maximum Gasteiger partial charge on any atom is 0.305 e. The van der Waals surface area contributed by atoms with Crippen LogP contribution in [0.5, 0.6) is 0 Å². The molecule has 0 atom stereocenters. The van der Waals surface area contributed by atoms with Crippen molar-refractivity contribution in [1.29, 1.82) is 0 Å². The molecule has 134 valence electrons. The van der Waals surface area contributed by atoms with Crippen LogP contribution in [0.15, 0.2) is 51.8 Å². The van der Waals surface area contributed by atoms with E-state index in [0.717, 1.165) is 35.3 Å². The van der Waals surface area contributed by atoms with E-state index < -0.39 is 23.4 Å². The highest BCUT2D eigenvalue weighted by Crippen LogP contribution is 2.25. The monoisotopic (exact) mass is 376 g/mol. The fourth-order valence-corrected chi connectivity index (χ4v) is 3.10. The Hall–Kier alpha value is -2.87. The van der Waals surface area contributed by atoms with Crippen molar-refractivity contribution in [2.24, 2.45) is 0 Å². The number of carbonyl (C=O) groups excluding carboxylic acids is 2. The van der Waals surface area contributed by atoms with Crippen molar-refractivity contribution in [3.8, 4) is 0 Å². The van der Waals surface area contributed by atoms with Gasteiger partial charge in [0.05, 0.1) is 5.75 Å². The Bertz CT molecular complexity index is 988. The Labute approximate surface area is 151 Å². The first kappa shape index (κ1) is 17.9. The molecule has 0 fully saturated rings.